The van der Waals surface area contributed by atoms with Gasteiger partial charge in [-0.3, -0.25) is 0 Å². The molecule has 2 fully saturated rings. The van der Waals surface area contributed by atoms with Gasteiger partial charge in [-0.05, 0) is 42.8 Å². The monoisotopic (exact) mass is 562 g/mol. The summed E-state index contributed by atoms with van der Waals surface area (Å²) in [5.41, 5.74) is 3.58. The van der Waals surface area contributed by atoms with Crippen molar-refractivity contribution in [2.75, 3.05) is 29.1 Å². The molecule has 2 unspecified atom stereocenters. The maximum atomic E-state index is 12.8. The standard InChI is InChI=1S/C14H13FN2.C7H12NO.Pb/c1-10-2-3-11(9-16)14(8-10)17-13-6-4-12(15)5-7-13;1-8-2-5-6(3-8)7(5)4-9;/h2-9,16-17H,1H3;5-7,9H,1-4H2;. The topological polar surface area (TPSA) is 59.4 Å². The quantitative estimate of drug-likeness (QED) is 0.389. The third-order valence-corrected chi connectivity index (χ3v) is 7.11. The molecule has 6 heteroatoms. The number of aliphatic hydroxyl groups excluding tert-OH is 1. The fourth-order valence-electron chi connectivity index (χ4n) is 3.73. The van der Waals surface area contributed by atoms with Gasteiger partial charge >= 0.3 is 77.3 Å². The minimum absolute atomic E-state index is 0.257. The Bertz CT molecular complexity index is 769. The summed E-state index contributed by atoms with van der Waals surface area (Å²) in [6.07, 6.45) is 1.30. The zero-order valence-electron chi connectivity index (χ0n) is 15.5. The van der Waals surface area contributed by atoms with Crippen LogP contribution in [-0.4, -0.2) is 65.8 Å². The molecule has 1 heterocycles. The molecule has 2 atom stereocenters. The first-order valence-electron chi connectivity index (χ1n) is 9.17. The van der Waals surface area contributed by atoms with Crippen LogP contribution < -0.4 is 5.32 Å². The van der Waals surface area contributed by atoms with E-state index in [4.69, 9.17) is 10.5 Å². The first kappa shape index (κ1) is 20.4. The molecule has 4 nitrogen and oxygen atoms in total. The van der Waals surface area contributed by atoms with E-state index < -0.39 is 0 Å². The van der Waals surface area contributed by atoms with E-state index in [0.717, 1.165) is 34.3 Å². The number of halogens is 1. The average molecular weight is 562 g/mol. The Hall–Kier alpha value is -1.32. The van der Waals surface area contributed by atoms with Crippen molar-refractivity contribution in [1.29, 1.82) is 5.41 Å². The van der Waals surface area contributed by atoms with E-state index >= 15 is 0 Å². The van der Waals surface area contributed by atoms with Crippen molar-refractivity contribution < 1.29 is 9.50 Å². The van der Waals surface area contributed by atoms with Crippen molar-refractivity contribution in [2.24, 2.45) is 17.8 Å². The molecule has 2 aliphatic rings. The van der Waals surface area contributed by atoms with Gasteiger partial charge in [-0.2, -0.15) is 0 Å². The van der Waals surface area contributed by atoms with Crippen molar-refractivity contribution in [2.45, 2.75) is 6.92 Å². The maximum absolute atomic E-state index is 12.8. The number of rotatable bonds is 5. The second kappa shape index (κ2) is 9.25. The zero-order chi connectivity index (χ0) is 19.4. The van der Waals surface area contributed by atoms with Crippen molar-refractivity contribution in [3.63, 3.8) is 0 Å². The van der Waals surface area contributed by atoms with Gasteiger partial charge in [0, 0.05) is 23.2 Å². The molecule has 0 bridgehead atoms. The Morgan fingerprint density at radius 2 is 1.89 bits per heavy atom. The molecular formula is C21H25FN3OPb. The van der Waals surface area contributed by atoms with Crippen molar-refractivity contribution in [3.8, 4) is 0 Å². The van der Waals surface area contributed by atoms with Gasteiger partial charge < -0.3 is 10.7 Å². The summed E-state index contributed by atoms with van der Waals surface area (Å²) >= 11 is 1.30. The van der Waals surface area contributed by atoms with Crippen LogP contribution in [0.5, 0.6) is 0 Å². The summed E-state index contributed by atoms with van der Waals surface area (Å²) in [6, 6.07) is 12.0. The molecule has 3 radical (unpaired) electrons. The van der Waals surface area contributed by atoms with E-state index in [1.807, 2.05) is 25.1 Å². The summed E-state index contributed by atoms with van der Waals surface area (Å²) in [4.78, 5) is 2.54. The van der Waals surface area contributed by atoms with Crippen LogP contribution >= 0.6 is 0 Å². The number of nitrogens with one attached hydrogen (secondary N) is 2. The van der Waals surface area contributed by atoms with E-state index in [0.29, 0.717) is 12.5 Å². The SMILES string of the molecule is Cc1ccc(C=N)c(Nc2ccc(F)cc2)c1.OCC1C2CN([CH2][Pb])CC12. The second-order valence-corrected chi connectivity index (χ2v) is 8.46. The molecule has 1 saturated heterocycles. The molecule has 27 heavy (non-hydrogen) atoms. The summed E-state index contributed by atoms with van der Waals surface area (Å²) in [7, 11) is 0. The summed E-state index contributed by atoms with van der Waals surface area (Å²) < 4.78 is 14.1. The Morgan fingerprint density at radius 3 is 2.44 bits per heavy atom. The number of hydrogen-bond donors (Lipinski definition) is 3. The Balaban J connectivity index is 0.000000177. The van der Waals surface area contributed by atoms with Crippen LogP contribution in [0.1, 0.15) is 11.1 Å². The fraction of sp³-hybridized carbons (Fsp3) is 0.381. The molecular weight excluding hydrogens is 536 g/mol. The first-order valence-corrected chi connectivity index (χ1v) is 11.9. The van der Waals surface area contributed by atoms with Gasteiger partial charge in [0.05, 0.1) is 0 Å². The molecule has 2 aromatic rings. The van der Waals surface area contributed by atoms with E-state index in [2.05, 4.69) is 10.2 Å². The number of fused-ring (bicyclic) bond motifs is 1. The Labute approximate surface area is 176 Å². The number of aliphatic hydroxyl groups is 1. The number of benzene rings is 2. The molecule has 1 aliphatic heterocycles. The van der Waals surface area contributed by atoms with Crippen LogP contribution in [0, 0.1) is 35.9 Å². The summed E-state index contributed by atoms with van der Waals surface area (Å²) in [5.74, 6) is 2.18. The van der Waals surface area contributed by atoms with Gasteiger partial charge in [-0.25, -0.2) is 4.39 Å². The number of anilines is 2. The summed E-state index contributed by atoms with van der Waals surface area (Å²) in [5, 5.41) is 19.4. The zero-order valence-corrected chi connectivity index (χ0v) is 19.3. The van der Waals surface area contributed by atoms with E-state index in [1.165, 1.54) is 61.3 Å². The predicted octanol–water partition coefficient (Wildman–Crippen LogP) is 3.16. The number of nitrogens with zero attached hydrogens (tertiary/aromatic N) is 1. The van der Waals surface area contributed by atoms with Crippen LogP contribution in [0.2, 0.25) is 0 Å². The van der Waals surface area contributed by atoms with Gasteiger partial charge in [0.15, 0.2) is 0 Å². The Morgan fingerprint density at radius 1 is 1.22 bits per heavy atom. The molecule has 3 N–H and O–H groups in total. The van der Waals surface area contributed by atoms with Crippen molar-refractivity contribution in [1.82, 2.24) is 4.90 Å². The van der Waals surface area contributed by atoms with Crippen molar-refractivity contribution in [3.05, 3.63) is 59.4 Å². The average Bonchev–Trinajstić information content (AvgIpc) is 3.15. The van der Waals surface area contributed by atoms with Crippen LogP contribution in [0.25, 0.3) is 0 Å². The van der Waals surface area contributed by atoms with Crippen LogP contribution in [0.4, 0.5) is 15.8 Å². The molecule has 0 spiro atoms. The molecule has 141 valence electrons. The van der Waals surface area contributed by atoms with Crippen LogP contribution in [-0.2, 0) is 0 Å². The number of piperidine rings is 1. The molecule has 0 aromatic heterocycles. The van der Waals surface area contributed by atoms with E-state index in [-0.39, 0.29) is 5.82 Å². The molecule has 0 amide bonds. The molecule has 2 aromatic carbocycles. The molecule has 4 rings (SSSR count). The predicted molar refractivity (Wildman–Crippen MR) is 108 cm³/mol. The van der Waals surface area contributed by atoms with Crippen LogP contribution in [0.15, 0.2) is 42.5 Å². The minimum atomic E-state index is -0.257. The van der Waals surface area contributed by atoms with E-state index in [1.54, 1.807) is 12.1 Å². The van der Waals surface area contributed by atoms with Crippen LogP contribution in [0.3, 0.4) is 0 Å². The second-order valence-electron chi connectivity index (χ2n) is 7.24. The third-order valence-electron chi connectivity index (χ3n) is 5.37. The Kier molecular flexibility index (Phi) is 7.00. The third kappa shape index (κ3) is 5.14. The normalized spacial score (nSPS) is 23.2. The molecule has 1 aliphatic carbocycles. The van der Waals surface area contributed by atoms with Gasteiger partial charge in [-0.1, -0.05) is 12.1 Å². The van der Waals surface area contributed by atoms with Gasteiger partial charge in [0.2, 0.25) is 0 Å². The first-order chi connectivity index (χ1) is 13.0. The van der Waals surface area contributed by atoms with Crippen molar-refractivity contribution >= 4 is 43.4 Å². The molecule has 1 saturated carbocycles. The number of aryl methyl sites for hydroxylation is 1. The van der Waals surface area contributed by atoms with Gasteiger partial charge in [0.1, 0.15) is 5.82 Å². The summed E-state index contributed by atoms with van der Waals surface area (Å²) in [6.45, 7) is 4.98. The number of hydrogen-bond acceptors (Lipinski definition) is 4. The van der Waals surface area contributed by atoms with Gasteiger partial charge in [0.25, 0.3) is 0 Å². The van der Waals surface area contributed by atoms with E-state index in [9.17, 15) is 4.39 Å². The fourth-order valence-corrected chi connectivity index (χ4v) is 4.73. The van der Waals surface area contributed by atoms with Gasteiger partial charge in [-0.15, -0.1) is 0 Å². The number of likely N-dealkylation sites (tertiary alicyclic amines) is 1.